The van der Waals surface area contributed by atoms with Crippen LogP contribution in [0.4, 0.5) is 4.39 Å². The van der Waals surface area contributed by atoms with Gasteiger partial charge in [0.05, 0.1) is 10.7 Å². The molecule has 2 aromatic rings. The lowest BCUT2D eigenvalue weighted by Crippen LogP contribution is -2.06. The number of aromatic nitrogens is 1. The van der Waals surface area contributed by atoms with Gasteiger partial charge in [0.25, 0.3) is 0 Å². The van der Waals surface area contributed by atoms with Gasteiger partial charge in [-0.05, 0) is 31.0 Å². The third kappa shape index (κ3) is 3.52. The van der Waals surface area contributed by atoms with Crippen LogP contribution in [-0.4, -0.2) is 4.98 Å². The summed E-state index contributed by atoms with van der Waals surface area (Å²) >= 11 is 1.59. The lowest BCUT2D eigenvalue weighted by atomic mass is 10.1. The maximum atomic E-state index is 13.8. The molecule has 1 atom stereocenters. The zero-order valence-electron chi connectivity index (χ0n) is 11.0. The highest BCUT2D eigenvalue weighted by Gasteiger charge is 2.08. The zero-order valence-corrected chi connectivity index (χ0v) is 11.8. The molecule has 0 saturated heterocycles. The highest BCUT2D eigenvalue weighted by Crippen LogP contribution is 2.22. The van der Waals surface area contributed by atoms with Crippen LogP contribution in [0.2, 0.25) is 0 Å². The molecule has 1 heterocycles. The number of thiazole rings is 1. The number of ether oxygens (including phenoxy) is 1. The first-order valence-corrected chi connectivity index (χ1v) is 7.09. The van der Waals surface area contributed by atoms with E-state index in [1.165, 1.54) is 6.07 Å². The molecule has 1 aromatic carbocycles. The first kappa shape index (κ1) is 14.0. The summed E-state index contributed by atoms with van der Waals surface area (Å²) < 4.78 is 19.2. The maximum Gasteiger partial charge on any atom is 0.165 e. The Bertz CT molecular complexity index is 554. The summed E-state index contributed by atoms with van der Waals surface area (Å²) in [4.78, 5) is 4.37. The van der Waals surface area contributed by atoms with E-state index >= 15 is 0 Å². The van der Waals surface area contributed by atoms with Crippen molar-refractivity contribution in [2.45, 2.75) is 32.9 Å². The summed E-state index contributed by atoms with van der Waals surface area (Å²) in [6.45, 7) is 4.15. The Hall–Kier alpha value is -1.46. The van der Waals surface area contributed by atoms with Crippen molar-refractivity contribution in [3.63, 3.8) is 0 Å². The Balaban J connectivity index is 2.03. The summed E-state index contributed by atoms with van der Waals surface area (Å²) in [5.41, 5.74) is 7.29. The van der Waals surface area contributed by atoms with Gasteiger partial charge in [0.2, 0.25) is 0 Å². The van der Waals surface area contributed by atoms with Crippen molar-refractivity contribution in [2.75, 3.05) is 0 Å². The molecule has 2 rings (SSSR count). The van der Waals surface area contributed by atoms with E-state index < -0.39 is 0 Å². The Morgan fingerprint density at radius 3 is 2.84 bits per heavy atom. The minimum absolute atomic E-state index is 0.186. The van der Waals surface area contributed by atoms with Gasteiger partial charge >= 0.3 is 0 Å². The van der Waals surface area contributed by atoms with Crippen molar-refractivity contribution >= 4 is 11.3 Å². The van der Waals surface area contributed by atoms with Crippen LogP contribution in [0.3, 0.4) is 0 Å². The summed E-state index contributed by atoms with van der Waals surface area (Å²) in [6.07, 6.45) is 0.905. The molecule has 19 heavy (non-hydrogen) atoms. The highest BCUT2D eigenvalue weighted by molar-refractivity contribution is 7.09. The molecule has 0 bridgehead atoms. The Kier molecular flexibility index (Phi) is 4.50. The van der Waals surface area contributed by atoms with Gasteiger partial charge < -0.3 is 10.5 Å². The summed E-state index contributed by atoms with van der Waals surface area (Å²) in [5.74, 6) is -0.156. The van der Waals surface area contributed by atoms with Crippen molar-refractivity contribution in [1.82, 2.24) is 4.98 Å². The number of halogens is 1. The minimum atomic E-state index is -0.388. The zero-order chi connectivity index (χ0) is 13.8. The van der Waals surface area contributed by atoms with Gasteiger partial charge in [-0.15, -0.1) is 11.3 Å². The molecule has 0 aliphatic heterocycles. The van der Waals surface area contributed by atoms with Crippen molar-refractivity contribution in [2.24, 2.45) is 5.73 Å². The van der Waals surface area contributed by atoms with Crippen LogP contribution in [0.5, 0.6) is 5.75 Å². The van der Waals surface area contributed by atoms with E-state index in [4.69, 9.17) is 10.5 Å². The third-order valence-corrected chi connectivity index (χ3v) is 3.80. The summed E-state index contributed by atoms with van der Waals surface area (Å²) in [6, 6.07) is 4.62. The largest absolute Gasteiger partial charge is 0.484 e. The Morgan fingerprint density at radius 1 is 1.47 bits per heavy atom. The SMILES string of the molecule is CCc1nc(COc2ccc(C(C)N)cc2F)cs1. The third-order valence-electron chi connectivity index (χ3n) is 2.76. The second kappa shape index (κ2) is 6.12. The maximum absolute atomic E-state index is 13.8. The van der Waals surface area contributed by atoms with Crippen molar-refractivity contribution in [3.05, 3.63) is 45.7 Å². The molecule has 3 nitrogen and oxygen atoms in total. The lowest BCUT2D eigenvalue weighted by Gasteiger charge is -2.09. The number of benzene rings is 1. The van der Waals surface area contributed by atoms with Crippen molar-refractivity contribution < 1.29 is 9.13 Å². The van der Waals surface area contributed by atoms with Crippen LogP contribution >= 0.6 is 11.3 Å². The molecule has 5 heteroatoms. The molecular formula is C14H17FN2OS. The van der Waals surface area contributed by atoms with Crippen LogP contribution in [0, 0.1) is 5.82 Å². The lowest BCUT2D eigenvalue weighted by molar-refractivity contribution is 0.286. The monoisotopic (exact) mass is 280 g/mol. The fourth-order valence-electron chi connectivity index (χ4n) is 1.65. The average molecular weight is 280 g/mol. The van der Waals surface area contributed by atoms with Crippen LogP contribution in [0.1, 0.15) is 36.2 Å². The van der Waals surface area contributed by atoms with Crippen LogP contribution in [0.15, 0.2) is 23.6 Å². The van der Waals surface area contributed by atoms with Gasteiger partial charge in [0.15, 0.2) is 11.6 Å². The number of rotatable bonds is 5. The van der Waals surface area contributed by atoms with Gasteiger partial charge in [0, 0.05) is 11.4 Å². The summed E-state index contributed by atoms with van der Waals surface area (Å²) in [5, 5.41) is 3.00. The minimum Gasteiger partial charge on any atom is -0.484 e. The van der Waals surface area contributed by atoms with E-state index in [9.17, 15) is 4.39 Å². The number of nitrogens with zero attached hydrogens (tertiary/aromatic N) is 1. The average Bonchev–Trinajstić information content (AvgIpc) is 2.85. The molecule has 0 saturated carbocycles. The highest BCUT2D eigenvalue weighted by atomic mass is 32.1. The first-order valence-electron chi connectivity index (χ1n) is 6.21. The van der Waals surface area contributed by atoms with E-state index in [0.717, 1.165) is 22.7 Å². The number of hydrogen-bond acceptors (Lipinski definition) is 4. The molecule has 2 N–H and O–H groups in total. The molecular weight excluding hydrogens is 263 g/mol. The smallest absolute Gasteiger partial charge is 0.165 e. The van der Waals surface area contributed by atoms with E-state index in [2.05, 4.69) is 11.9 Å². The fraction of sp³-hybridized carbons (Fsp3) is 0.357. The van der Waals surface area contributed by atoms with Crippen molar-refractivity contribution in [3.8, 4) is 5.75 Å². The standard InChI is InChI=1S/C14H17FN2OS/c1-3-14-17-11(8-19-14)7-18-13-5-4-10(9(2)16)6-12(13)15/h4-6,8-9H,3,7,16H2,1-2H3. The van der Waals surface area contributed by atoms with E-state index in [-0.39, 0.29) is 24.2 Å². The number of hydrogen-bond donors (Lipinski definition) is 1. The fourth-order valence-corrected chi connectivity index (χ4v) is 2.38. The number of aryl methyl sites for hydroxylation is 1. The van der Waals surface area contributed by atoms with Gasteiger partial charge in [-0.3, -0.25) is 0 Å². The molecule has 1 unspecified atom stereocenters. The van der Waals surface area contributed by atoms with Crippen LogP contribution < -0.4 is 10.5 Å². The van der Waals surface area contributed by atoms with Gasteiger partial charge in [0.1, 0.15) is 6.61 Å². The Labute approximate surface area is 116 Å². The van der Waals surface area contributed by atoms with Gasteiger partial charge in [-0.2, -0.15) is 0 Å². The first-order chi connectivity index (χ1) is 9.10. The molecule has 0 aliphatic rings. The topological polar surface area (TPSA) is 48.1 Å². The van der Waals surface area contributed by atoms with E-state index in [1.807, 2.05) is 12.3 Å². The second-order valence-electron chi connectivity index (χ2n) is 4.35. The number of nitrogens with two attached hydrogens (primary N) is 1. The van der Waals surface area contributed by atoms with Gasteiger partial charge in [-0.25, -0.2) is 9.37 Å². The quantitative estimate of drug-likeness (QED) is 0.912. The molecule has 0 radical (unpaired) electrons. The van der Waals surface area contributed by atoms with E-state index in [0.29, 0.717) is 0 Å². The van der Waals surface area contributed by atoms with E-state index in [1.54, 1.807) is 23.5 Å². The molecule has 0 spiro atoms. The molecule has 0 amide bonds. The predicted molar refractivity (Wildman–Crippen MR) is 74.8 cm³/mol. The van der Waals surface area contributed by atoms with Crippen LogP contribution in [0.25, 0.3) is 0 Å². The molecule has 1 aromatic heterocycles. The Morgan fingerprint density at radius 2 is 2.26 bits per heavy atom. The normalized spacial score (nSPS) is 12.4. The molecule has 0 aliphatic carbocycles. The predicted octanol–water partition coefficient (Wildman–Crippen LogP) is 3.44. The van der Waals surface area contributed by atoms with Gasteiger partial charge in [-0.1, -0.05) is 13.0 Å². The second-order valence-corrected chi connectivity index (χ2v) is 5.30. The van der Waals surface area contributed by atoms with Crippen molar-refractivity contribution in [1.29, 1.82) is 0 Å². The van der Waals surface area contributed by atoms with Crippen LogP contribution in [-0.2, 0) is 13.0 Å². The molecule has 102 valence electrons. The molecule has 0 fully saturated rings. The summed E-state index contributed by atoms with van der Waals surface area (Å²) in [7, 11) is 0.